The number of hydrogen-bond acceptors (Lipinski definition) is 3. The molecule has 5 heteroatoms. The van der Waals surface area contributed by atoms with Gasteiger partial charge in [0.15, 0.2) is 0 Å². The van der Waals surface area contributed by atoms with Crippen molar-refractivity contribution in [3.63, 3.8) is 0 Å². The second kappa shape index (κ2) is 7.72. The number of sulfonamides is 1. The maximum Gasteiger partial charge on any atom is 0.216 e. The standard InChI is InChI=1S/C23H28N2O2S/c1-18(2)28(26,27)25-15-12-21(13-16-25)20-7-9-23(10-8-20)24-14-11-19-5-3-4-6-22(19)17-24/h3-10,12,18H,11,13-17H2,1-2H3. The van der Waals surface area contributed by atoms with Crippen LogP contribution in [-0.4, -0.2) is 37.6 Å². The molecule has 4 rings (SSSR count). The summed E-state index contributed by atoms with van der Waals surface area (Å²) in [6.07, 6.45) is 3.92. The zero-order chi connectivity index (χ0) is 19.7. The van der Waals surface area contributed by atoms with Crippen LogP contribution in [0.3, 0.4) is 0 Å². The van der Waals surface area contributed by atoms with Crippen LogP contribution in [-0.2, 0) is 23.0 Å². The highest BCUT2D eigenvalue weighted by Gasteiger charge is 2.27. The lowest BCUT2D eigenvalue weighted by Gasteiger charge is -2.31. The average Bonchev–Trinajstić information content (AvgIpc) is 2.73. The van der Waals surface area contributed by atoms with Crippen molar-refractivity contribution in [2.24, 2.45) is 0 Å². The molecular formula is C23H28N2O2S. The molecule has 0 aliphatic carbocycles. The normalized spacial score (nSPS) is 18.1. The number of nitrogens with zero attached hydrogens (tertiary/aromatic N) is 2. The molecule has 0 radical (unpaired) electrons. The van der Waals surface area contributed by atoms with Crippen molar-refractivity contribution in [1.29, 1.82) is 0 Å². The largest absolute Gasteiger partial charge is 0.367 e. The molecule has 0 spiro atoms. The molecule has 0 fully saturated rings. The highest BCUT2D eigenvalue weighted by molar-refractivity contribution is 7.89. The molecule has 0 saturated carbocycles. The van der Waals surface area contributed by atoms with E-state index in [1.807, 2.05) is 0 Å². The number of rotatable bonds is 4. The Hall–Kier alpha value is -2.11. The Labute approximate surface area is 168 Å². The Morgan fingerprint density at radius 2 is 1.61 bits per heavy atom. The van der Waals surface area contributed by atoms with E-state index in [0.717, 1.165) is 25.9 Å². The number of benzene rings is 2. The molecule has 2 aromatic rings. The van der Waals surface area contributed by atoms with Gasteiger partial charge in [-0.1, -0.05) is 42.5 Å². The minimum absolute atomic E-state index is 0.364. The van der Waals surface area contributed by atoms with Gasteiger partial charge in [0.2, 0.25) is 10.0 Å². The van der Waals surface area contributed by atoms with Crippen LogP contribution < -0.4 is 4.90 Å². The fourth-order valence-electron chi connectivity index (χ4n) is 4.04. The van der Waals surface area contributed by atoms with Crippen LogP contribution in [0.1, 0.15) is 37.0 Å². The first-order valence-electron chi connectivity index (χ1n) is 10.1. The lowest BCUT2D eigenvalue weighted by Crippen LogP contribution is -2.39. The van der Waals surface area contributed by atoms with Gasteiger partial charge in [0.25, 0.3) is 0 Å². The van der Waals surface area contributed by atoms with Gasteiger partial charge in [-0.05, 0) is 61.1 Å². The molecule has 0 amide bonds. The lowest BCUT2D eigenvalue weighted by atomic mass is 9.98. The molecule has 2 aliphatic rings. The smallest absolute Gasteiger partial charge is 0.216 e. The first-order valence-corrected chi connectivity index (χ1v) is 11.6. The quantitative estimate of drug-likeness (QED) is 0.782. The summed E-state index contributed by atoms with van der Waals surface area (Å²) in [5.41, 5.74) is 6.56. The molecule has 28 heavy (non-hydrogen) atoms. The summed E-state index contributed by atoms with van der Waals surface area (Å²) in [7, 11) is -3.17. The molecule has 0 saturated heterocycles. The van der Waals surface area contributed by atoms with Gasteiger partial charge in [-0.3, -0.25) is 0 Å². The van der Waals surface area contributed by atoms with E-state index in [2.05, 4.69) is 59.5 Å². The van der Waals surface area contributed by atoms with Crippen molar-refractivity contribution in [3.8, 4) is 0 Å². The lowest BCUT2D eigenvalue weighted by molar-refractivity contribution is 0.435. The van der Waals surface area contributed by atoms with Crippen molar-refractivity contribution < 1.29 is 8.42 Å². The van der Waals surface area contributed by atoms with E-state index in [4.69, 9.17) is 0 Å². The van der Waals surface area contributed by atoms with Crippen LogP contribution in [0.4, 0.5) is 5.69 Å². The predicted molar refractivity (Wildman–Crippen MR) is 116 cm³/mol. The van der Waals surface area contributed by atoms with Crippen LogP contribution in [0.5, 0.6) is 0 Å². The van der Waals surface area contributed by atoms with Crippen LogP contribution >= 0.6 is 0 Å². The van der Waals surface area contributed by atoms with Crippen LogP contribution in [0.2, 0.25) is 0 Å². The molecule has 2 aromatic carbocycles. The molecule has 148 valence electrons. The van der Waals surface area contributed by atoms with E-state index in [1.165, 1.54) is 28.0 Å². The third-order valence-corrected chi connectivity index (χ3v) is 8.10. The van der Waals surface area contributed by atoms with Crippen molar-refractivity contribution in [1.82, 2.24) is 4.31 Å². The summed E-state index contributed by atoms with van der Waals surface area (Å²) in [5, 5.41) is -0.364. The predicted octanol–water partition coefficient (Wildman–Crippen LogP) is 4.08. The van der Waals surface area contributed by atoms with Gasteiger partial charge in [-0.2, -0.15) is 4.31 Å². The summed E-state index contributed by atoms with van der Waals surface area (Å²) >= 11 is 0. The molecule has 2 aliphatic heterocycles. The SMILES string of the molecule is CC(C)S(=O)(=O)N1CC=C(c2ccc(N3CCc4ccccc4C3)cc2)CC1. The molecule has 0 atom stereocenters. The molecule has 0 aromatic heterocycles. The molecule has 0 bridgehead atoms. The van der Waals surface area contributed by atoms with E-state index in [9.17, 15) is 8.42 Å². The fourth-order valence-corrected chi connectivity index (χ4v) is 5.27. The second-order valence-corrected chi connectivity index (χ2v) is 10.4. The van der Waals surface area contributed by atoms with Gasteiger partial charge >= 0.3 is 0 Å². The Kier molecular flexibility index (Phi) is 5.30. The molecule has 0 unspecified atom stereocenters. The Bertz CT molecular complexity index is 978. The highest BCUT2D eigenvalue weighted by Crippen LogP contribution is 2.29. The van der Waals surface area contributed by atoms with Gasteiger partial charge in [-0.15, -0.1) is 0 Å². The Morgan fingerprint density at radius 1 is 0.893 bits per heavy atom. The minimum Gasteiger partial charge on any atom is -0.367 e. The molecule has 4 nitrogen and oxygen atoms in total. The van der Waals surface area contributed by atoms with Crippen LogP contribution in [0.15, 0.2) is 54.6 Å². The molecule has 0 N–H and O–H groups in total. The Morgan fingerprint density at radius 3 is 2.25 bits per heavy atom. The van der Waals surface area contributed by atoms with Gasteiger partial charge < -0.3 is 4.90 Å². The van der Waals surface area contributed by atoms with Gasteiger partial charge in [0.1, 0.15) is 0 Å². The summed E-state index contributed by atoms with van der Waals surface area (Å²) in [6.45, 7) is 6.53. The van der Waals surface area contributed by atoms with E-state index in [1.54, 1.807) is 18.2 Å². The van der Waals surface area contributed by atoms with Crippen LogP contribution in [0, 0.1) is 0 Å². The third kappa shape index (κ3) is 3.74. The maximum absolute atomic E-state index is 12.3. The van der Waals surface area contributed by atoms with E-state index in [-0.39, 0.29) is 5.25 Å². The van der Waals surface area contributed by atoms with E-state index < -0.39 is 10.0 Å². The summed E-state index contributed by atoms with van der Waals surface area (Å²) in [5.74, 6) is 0. The van der Waals surface area contributed by atoms with Crippen molar-refractivity contribution >= 4 is 21.3 Å². The summed E-state index contributed by atoms with van der Waals surface area (Å²) in [6, 6.07) is 17.4. The summed E-state index contributed by atoms with van der Waals surface area (Å²) in [4.78, 5) is 2.43. The summed E-state index contributed by atoms with van der Waals surface area (Å²) < 4.78 is 26.3. The van der Waals surface area contributed by atoms with E-state index in [0.29, 0.717) is 13.1 Å². The van der Waals surface area contributed by atoms with Crippen molar-refractivity contribution in [3.05, 3.63) is 71.3 Å². The zero-order valence-corrected chi connectivity index (χ0v) is 17.5. The molecular weight excluding hydrogens is 368 g/mol. The average molecular weight is 397 g/mol. The van der Waals surface area contributed by atoms with Gasteiger partial charge in [0.05, 0.1) is 5.25 Å². The fraction of sp³-hybridized carbons (Fsp3) is 0.391. The second-order valence-electron chi connectivity index (χ2n) is 7.92. The highest BCUT2D eigenvalue weighted by atomic mass is 32.2. The Balaban J connectivity index is 1.45. The first-order chi connectivity index (χ1) is 13.4. The van der Waals surface area contributed by atoms with Crippen molar-refractivity contribution in [2.45, 2.75) is 38.5 Å². The van der Waals surface area contributed by atoms with Crippen molar-refractivity contribution in [2.75, 3.05) is 24.5 Å². The monoisotopic (exact) mass is 396 g/mol. The minimum atomic E-state index is -3.17. The van der Waals surface area contributed by atoms with Gasteiger partial charge in [-0.25, -0.2) is 8.42 Å². The van der Waals surface area contributed by atoms with E-state index >= 15 is 0 Å². The molecule has 2 heterocycles. The van der Waals surface area contributed by atoms with Gasteiger partial charge in [0, 0.05) is 31.9 Å². The topological polar surface area (TPSA) is 40.6 Å². The zero-order valence-electron chi connectivity index (χ0n) is 16.6. The number of hydrogen-bond donors (Lipinski definition) is 0. The third-order valence-electron chi connectivity index (χ3n) is 5.86. The van der Waals surface area contributed by atoms with Crippen LogP contribution in [0.25, 0.3) is 5.57 Å². The number of fused-ring (bicyclic) bond motifs is 1. The first kappa shape index (κ1) is 19.2. The number of anilines is 1. The maximum atomic E-state index is 12.3.